The summed E-state index contributed by atoms with van der Waals surface area (Å²) in [6.07, 6.45) is 3.33. The fraction of sp³-hybridized carbons (Fsp3) is 0.105. The van der Waals surface area contributed by atoms with E-state index >= 15 is 0 Å². The lowest BCUT2D eigenvalue weighted by Gasteiger charge is -2.14. The van der Waals surface area contributed by atoms with Crippen LogP contribution in [-0.4, -0.2) is 21.7 Å². The van der Waals surface area contributed by atoms with Gasteiger partial charge in [-0.3, -0.25) is 10.2 Å². The number of hydrogen-bond donors (Lipinski definition) is 3. The van der Waals surface area contributed by atoms with E-state index in [1.807, 2.05) is 0 Å². The molecule has 0 aliphatic carbocycles. The molecule has 0 unspecified atom stereocenters. The van der Waals surface area contributed by atoms with Crippen LogP contribution in [0.25, 0.3) is 16.8 Å². The molecule has 3 aromatic rings. The first kappa shape index (κ1) is 20.6. The second-order valence-corrected chi connectivity index (χ2v) is 6.87. The predicted molar refractivity (Wildman–Crippen MR) is 108 cm³/mol. The Labute approximate surface area is 175 Å². The Bertz CT molecular complexity index is 1060. The highest BCUT2D eigenvalue weighted by Gasteiger charge is 2.15. The van der Waals surface area contributed by atoms with E-state index in [1.165, 1.54) is 13.0 Å². The van der Waals surface area contributed by atoms with Gasteiger partial charge in [-0.2, -0.15) is 5.10 Å². The molecule has 1 heterocycles. The second kappa shape index (κ2) is 8.93. The summed E-state index contributed by atoms with van der Waals surface area (Å²) in [6, 6.07) is 8.93. The smallest absolute Gasteiger partial charge is 0.333 e. The van der Waals surface area contributed by atoms with Crippen LogP contribution < -0.4 is 16.2 Å². The van der Waals surface area contributed by atoms with Gasteiger partial charge in [0.25, 0.3) is 0 Å². The molecule has 0 spiro atoms. The Balaban J connectivity index is 1.86. The number of nitrogens with one attached hydrogen (secondary N) is 3. The van der Waals surface area contributed by atoms with Crippen LogP contribution in [0.15, 0.2) is 48.8 Å². The molecule has 3 rings (SSSR count). The van der Waals surface area contributed by atoms with Gasteiger partial charge >= 0.3 is 6.03 Å². The third kappa shape index (κ3) is 5.04. The summed E-state index contributed by atoms with van der Waals surface area (Å²) in [5.41, 5.74) is 6.25. The summed E-state index contributed by atoms with van der Waals surface area (Å²) in [4.78, 5) is 22.3. The van der Waals surface area contributed by atoms with E-state index in [4.69, 9.17) is 23.2 Å². The van der Waals surface area contributed by atoms with E-state index in [0.717, 1.165) is 0 Å². The van der Waals surface area contributed by atoms with E-state index in [0.29, 0.717) is 26.9 Å². The minimum atomic E-state index is -0.661. The van der Waals surface area contributed by atoms with Crippen molar-refractivity contribution < 1.29 is 14.0 Å². The van der Waals surface area contributed by atoms with Crippen LogP contribution in [0.2, 0.25) is 10.0 Å². The lowest BCUT2D eigenvalue weighted by Crippen LogP contribution is -2.45. The fourth-order valence-corrected chi connectivity index (χ4v) is 3.22. The third-order valence-corrected chi connectivity index (χ3v) is 4.42. The molecule has 0 bridgehead atoms. The maximum atomic E-state index is 14.6. The topological polar surface area (TPSA) is 88.0 Å². The van der Waals surface area contributed by atoms with Crippen LogP contribution in [0.5, 0.6) is 0 Å². The molecule has 1 aromatic heterocycles. The monoisotopic (exact) mass is 435 g/mol. The normalized spacial score (nSPS) is 10.5. The Morgan fingerprint density at radius 1 is 1.17 bits per heavy atom. The van der Waals surface area contributed by atoms with Gasteiger partial charge in [0.15, 0.2) is 0 Å². The first-order valence-corrected chi connectivity index (χ1v) is 9.19. The molecule has 0 saturated heterocycles. The first-order chi connectivity index (χ1) is 13.8. The molecule has 0 aliphatic heterocycles. The van der Waals surface area contributed by atoms with Crippen LogP contribution >= 0.6 is 23.2 Å². The number of amides is 3. The van der Waals surface area contributed by atoms with Crippen molar-refractivity contribution in [3.8, 4) is 16.8 Å². The average Bonchev–Trinajstić information content (AvgIpc) is 3.18. The third-order valence-electron chi connectivity index (χ3n) is 3.92. The van der Waals surface area contributed by atoms with Crippen molar-refractivity contribution >= 4 is 35.1 Å². The van der Waals surface area contributed by atoms with E-state index in [-0.39, 0.29) is 12.1 Å². The minimum Gasteiger partial charge on any atom is -0.333 e. The van der Waals surface area contributed by atoms with Gasteiger partial charge in [-0.25, -0.2) is 19.3 Å². The van der Waals surface area contributed by atoms with Gasteiger partial charge in [0, 0.05) is 42.0 Å². The zero-order chi connectivity index (χ0) is 21.0. The lowest BCUT2D eigenvalue weighted by molar-refractivity contribution is -0.119. The number of aromatic nitrogens is 2. The SMILES string of the molecule is CC(=O)NNC(=O)NCc1ccc(-c2cc(Cl)cc(Cl)c2-n2cccn2)cc1F. The molecule has 3 N–H and O–H groups in total. The number of halogens is 3. The van der Waals surface area contributed by atoms with Gasteiger partial charge in [-0.1, -0.05) is 35.3 Å². The molecule has 3 amide bonds. The minimum absolute atomic E-state index is 0.0696. The zero-order valence-corrected chi connectivity index (χ0v) is 16.7. The van der Waals surface area contributed by atoms with Crippen molar-refractivity contribution in [2.75, 3.05) is 0 Å². The van der Waals surface area contributed by atoms with Crippen molar-refractivity contribution in [1.29, 1.82) is 0 Å². The molecule has 10 heteroatoms. The second-order valence-electron chi connectivity index (χ2n) is 6.03. The number of hydrazine groups is 1. The van der Waals surface area contributed by atoms with E-state index in [9.17, 15) is 14.0 Å². The highest BCUT2D eigenvalue weighted by atomic mass is 35.5. The van der Waals surface area contributed by atoms with Crippen molar-refractivity contribution in [3.63, 3.8) is 0 Å². The van der Waals surface area contributed by atoms with E-state index < -0.39 is 17.8 Å². The van der Waals surface area contributed by atoms with Crippen molar-refractivity contribution in [1.82, 2.24) is 25.9 Å². The average molecular weight is 436 g/mol. The zero-order valence-electron chi connectivity index (χ0n) is 15.2. The van der Waals surface area contributed by atoms with Gasteiger partial charge < -0.3 is 5.32 Å². The van der Waals surface area contributed by atoms with Crippen LogP contribution in [0.4, 0.5) is 9.18 Å². The lowest BCUT2D eigenvalue weighted by atomic mass is 10.0. The van der Waals surface area contributed by atoms with Crippen molar-refractivity contribution in [2.45, 2.75) is 13.5 Å². The summed E-state index contributed by atoms with van der Waals surface area (Å²) in [5.74, 6) is -0.950. The maximum Gasteiger partial charge on any atom is 0.333 e. The number of carbonyl (C=O) groups excluding carboxylic acids is 2. The molecule has 2 aromatic carbocycles. The number of hydrogen-bond acceptors (Lipinski definition) is 3. The number of carbonyl (C=O) groups is 2. The number of benzene rings is 2. The summed E-state index contributed by atoms with van der Waals surface area (Å²) in [7, 11) is 0. The molecule has 0 radical (unpaired) electrons. The molecule has 0 aliphatic rings. The Hall–Kier alpha value is -3.10. The standard InChI is InChI=1S/C19H16Cl2FN5O2/c1-11(28)25-26-19(29)23-10-13-4-3-12(7-17(13)22)15-8-14(20)9-16(21)18(15)27-6-2-5-24-27/h2-9H,10H2,1H3,(H,25,28)(H2,23,26,29). The molecular weight excluding hydrogens is 420 g/mol. The maximum absolute atomic E-state index is 14.6. The van der Waals surface area contributed by atoms with Crippen LogP contribution in [0, 0.1) is 5.82 Å². The number of nitrogens with zero attached hydrogens (tertiary/aromatic N) is 2. The summed E-state index contributed by atoms with van der Waals surface area (Å²) >= 11 is 12.5. The predicted octanol–water partition coefficient (Wildman–Crippen LogP) is 3.84. The molecular formula is C19H16Cl2FN5O2. The summed E-state index contributed by atoms with van der Waals surface area (Å²) in [5, 5.41) is 7.41. The molecule has 0 fully saturated rings. The fourth-order valence-electron chi connectivity index (χ4n) is 2.64. The van der Waals surface area contributed by atoms with Crippen LogP contribution in [0.1, 0.15) is 12.5 Å². The van der Waals surface area contributed by atoms with Gasteiger partial charge in [0.05, 0.1) is 10.7 Å². The van der Waals surface area contributed by atoms with Crippen LogP contribution in [-0.2, 0) is 11.3 Å². The van der Waals surface area contributed by atoms with Gasteiger partial charge in [0.2, 0.25) is 5.91 Å². The van der Waals surface area contributed by atoms with Gasteiger partial charge in [-0.05, 0) is 29.8 Å². The van der Waals surface area contributed by atoms with E-state index in [2.05, 4.69) is 21.3 Å². The number of rotatable bonds is 4. The van der Waals surface area contributed by atoms with Crippen molar-refractivity contribution in [2.24, 2.45) is 0 Å². The Morgan fingerprint density at radius 2 is 1.97 bits per heavy atom. The Kier molecular flexibility index (Phi) is 6.36. The largest absolute Gasteiger partial charge is 0.333 e. The highest BCUT2D eigenvalue weighted by Crippen LogP contribution is 2.35. The molecule has 150 valence electrons. The molecule has 0 atom stereocenters. The summed E-state index contributed by atoms with van der Waals surface area (Å²) < 4.78 is 16.2. The first-order valence-electron chi connectivity index (χ1n) is 8.43. The quantitative estimate of drug-likeness (QED) is 0.544. The van der Waals surface area contributed by atoms with Gasteiger partial charge in [-0.15, -0.1) is 0 Å². The van der Waals surface area contributed by atoms with Crippen LogP contribution in [0.3, 0.4) is 0 Å². The Morgan fingerprint density at radius 3 is 2.62 bits per heavy atom. The van der Waals surface area contributed by atoms with Gasteiger partial charge in [0.1, 0.15) is 5.82 Å². The molecule has 29 heavy (non-hydrogen) atoms. The van der Waals surface area contributed by atoms with E-state index in [1.54, 1.807) is 47.4 Å². The highest BCUT2D eigenvalue weighted by molar-refractivity contribution is 6.36. The molecule has 0 saturated carbocycles. The number of urea groups is 1. The van der Waals surface area contributed by atoms with Crippen molar-refractivity contribution in [3.05, 3.63) is 70.2 Å². The molecule has 7 nitrogen and oxygen atoms in total. The summed E-state index contributed by atoms with van der Waals surface area (Å²) in [6.45, 7) is 1.18.